The summed E-state index contributed by atoms with van der Waals surface area (Å²) in [6.45, 7) is 0.204. The molecular weight excluding hydrogens is 438 g/mol. The molecule has 33 heavy (non-hydrogen) atoms. The van der Waals surface area contributed by atoms with E-state index in [1.54, 1.807) is 17.2 Å². The van der Waals surface area contributed by atoms with Gasteiger partial charge in [0.25, 0.3) is 5.91 Å². The third-order valence-electron chi connectivity index (χ3n) is 6.16. The highest BCUT2D eigenvalue weighted by molar-refractivity contribution is 6.33. The zero-order chi connectivity index (χ0) is 22.4. The molecule has 0 aliphatic carbocycles. The van der Waals surface area contributed by atoms with E-state index in [0.717, 1.165) is 0 Å². The molecule has 8 heteroatoms. The standard InChI is InChI=1S/C25H20ClN5O2/c26-20-11-4-3-9-19(20)24-27-23(33-29-24)15-30-12-13-31-22(25(30)32)14-21(28-31)18-10-5-7-16-6-1-2-8-17(16)18/h1-13,21-22,28H,14-15H2. The number of hydrogen-bond donors (Lipinski definition) is 1. The van der Waals surface area contributed by atoms with E-state index in [-0.39, 0.29) is 24.5 Å². The molecule has 0 spiro atoms. The van der Waals surface area contributed by atoms with Crippen LogP contribution in [0.25, 0.3) is 22.2 Å². The molecule has 0 saturated carbocycles. The number of hydrogen-bond acceptors (Lipinski definition) is 6. The summed E-state index contributed by atoms with van der Waals surface area (Å²) in [7, 11) is 0. The van der Waals surface area contributed by atoms with Gasteiger partial charge in [0.2, 0.25) is 11.7 Å². The van der Waals surface area contributed by atoms with E-state index >= 15 is 0 Å². The lowest BCUT2D eigenvalue weighted by atomic mass is 9.95. The SMILES string of the molecule is O=C1C2CC(c3cccc4ccccc34)NN2C=CN1Cc1nc(-c2ccccc2Cl)no1. The molecule has 3 heterocycles. The number of amides is 1. The highest BCUT2D eigenvalue weighted by Gasteiger charge is 2.40. The van der Waals surface area contributed by atoms with Crippen LogP contribution in [0.1, 0.15) is 23.9 Å². The fraction of sp³-hybridized carbons (Fsp3) is 0.160. The Balaban J connectivity index is 1.20. The number of halogens is 1. The first kappa shape index (κ1) is 20.0. The van der Waals surface area contributed by atoms with Crippen molar-refractivity contribution in [2.24, 2.45) is 0 Å². The van der Waals surface area contributed by atoms with Crippen LogP contribution in [0.5, 0.6) is 0 Å². The van der Waals surface area contributed by atoms with Crippen LogP contribution in [0.15, 0.2) is 83.7 Å². The molecule has 1 N–H and O–H groups in total. The van der Waals surface area contributed by atoms with Crippen molar-refractivity contribution in [3.05, 3.63) is 95.6 Å². The Morgan fingerprint density at radius 2 is 1.85 bits per heavy atom. The predicted molar refractivity (Wildman–Crippen MR) is 125 cm³/mol. The van der Waals surface area contributed by atoms with Gasteiger partial charge in [-0.25, -0.2) is 5.43 Å². The molecule has 0 bridgehead atoms. The summed E-state index contributed by atoms with van der Waals surface area (Å²) in [5.74, 6) is 0.752. The van der Waals surface area contributed by atoms with Gasteiger partial charge in [-0.15, -0.1) is 0 Å². The van der Waals surface area contributed by atoms with Gasteiger partial charge in [-0.05, 0) is 34.9 Å². The van der Waals surface area contributed by atoms with Gasteiger partial charge in [-0.3, -0.25) is 4.79 Å². The number of carbonyl (C=O) groups is 1. The van der Waals surface area contributed by atoms with Gasteiger partial charge in [-0.1, -0.05) is 71.4 Å². The van der Waals surface area contributed by atoms with Gasteiger partial charge in [-0.2, -0.15) is 4.98 Å². The summed E-state index contributed by atoms with van der Waals surface area (Å²) in [5, 5.41) is 8.86. The molecule has 1 fully saturated rings. The number of nitrogens with one attached hydrogen (secondary N) is 1. The maximum Gasteiger partial charge on any atom is 0.251 e. The molecule has 4 aromatic rings. The van der Waals surface area contributed by atoms with Crippen molar-refractivity contribution in [3.63, 3.8) is 0 Å². The molecule has 2 aliphatic heterocycles. The quantitative estimate of drug-likeness (QED) is 0.479. The van der Waals surface area contributed by atoms with Crippen molar-refractivity contribution in [3.8, 4) is 11.4 Å². The van der Waals surface area contributed by atoms with Crippen LogP contribution in [0, 0.1) is 0 Å². The number of carbonyl (C=O) groups excluding carboxylic acids is 1. The Bertz CT molecular complexity index is 1380. The molecule has 1 aromatic heterocycles. The first-order valence-electron chi connectivity index (χ1n) is 10.8. The van der Waals surface area contributed by atoms with E-state index in [0.29, 0.717) is 28.7 Å². The molecule has 6 rings (SSSR count). The van der Waals surface area contributed by atoms with Crippen molar-refractivity contribution in [1.82, 2.24) is 25.5 Å². The van der Waals surface area contributed by atoms with Crippen LogP contribution in [-0.2, 0) is 11.3 Å². The smallest absolute Gasteiger partial charge is 0.251 e. The molecule has 2 aliphatic rings. The second-order valence-corrected chi connectivity index (χ2v) is 8.57. The first-order chi connectivity index (χ1) is 16.2. The highest BCUT2D eigenvalue weighted by atomic mass is 35.5. The number of fused-ring (bicyclic) bond motifs is 2. The van der Waals surface area contributed by atoms with Gasteiger partial charge in [0, 0.05) is 18.0 Å². The van der Waals surface area contributed by atoms with Crippen molar-refractivity contribution in [1.29, 1.82) is 0 Å². The maximum atomic E-state index is 13.3. The summed E-state index contributed by atoms with van der Waals surface area (Å²) in [6.07, 6.45) is 4.31. The predicted octanol–water partition coefficient (Wildman–Crippen LogP) is 4.68. The average molecular weight is 458 g/mol. The molecule has 7 nitrogen and oxygen atoms in total. The van der Waals surface area contributed by atoms with E-state index in [9.17, 15) is 4.79 Å². The first-order valence-corrected chi connectivity index (χ1v) is 11.1. The Morgan fingerprint density at radius 3 is 2.76 bits per heavy atom. The fourth-order valence-corrected chi connectivity index (χ4v) is 4.76. The topological polar surface area (TPSA) is 74.5 Å². The van der Waals surface area contributed by atoms with Crippen molar-refractivity contribution in [2.45, 2.75) is 25.0 Å². The van der Waals surface area contributed by atoms with Crippen LogP contribution in [0.2, 0.25) is 5.02 Å². The molecule has 3 aromatic carbocycles. The summed E-state index contributed by atoms with van der Waals surface area (Å²) in [5.41, 5.74) is 5.37. The van der Waals surface area contributed by atoms with Gasteiger partial charge in [0.15, 0.2) is 0 Å². The Labute approximate surface area is 195 Å². The van der Waals surface area contributed by atoms with Gasteiger partial charge >= 0.3 is 0 Å². The van der Waals surface area contributed by atoms with Crippen molar-refractivity contribution in [2.75, 3.05) is 0 Å². The van der Waals surface area contributed by atoms with Gasteiger partial charge in [0.05, 0.1) is 11.1 Å². The van der Waals surface area contributed by atoms with Gasteiger partial charge < -0.3 is 14.4 Å². The van der Waals surface area contributed by atoms with Crippen LogP contribution < -0.4 is 5.43 Å². The van der Waals surface area contributed by atoms with Crippen LogP contribution >= 0.6 is 11.6 Å². The molecule has 1 saturated heterocycles. The average Bonchev–Trinajstić information content (AvgIpc) is 3.48. The molecule has 1 amide bonds. The van der Waals surface area contributed by atoms with E-state index in [1.165, 1.54) is 16.3 Å². The van der Waals surface area contributed by atoms with Crippen molar-refractivity contribution < 1.29 is 9.32 Å². The van der Waals surface area contributed by atoms with E-state index in [4.69, 9.17) is 16.1 Å². The van der Waals surface area contributed by atoms with E-state index in [1.807, 2.05) is 41.5 Å². The van der Waals surface area contributed by atoms with Crippen LogP contribution in [0.3, 0.4) is 0 Å². The second kappa shape index (κ2) is 8.03. The number of hydrazine groups is 1. The number of benzene rings is 3. The minimum atomic E-state index is -0.301. The Hall–Kier alpha value is -3.68. The second-order valence-electron chi connectivity index (χ2n) is 8.16. The summed E-state index contributed by atoms with van der Waals surface area (Å²) in [4.78, 5) is 19.3. The lowest BCUT2D eigenvalue weighted by molar-refractivity contribution is -0.135. The molecule has 2 atom stereocenters. The third-order valence-corrected chi connectivity index (χ3v) is 6.49. The summed E-state index contributed by atoms with van der Waals surface area (Å²) >= 11 is 6.23. The van der Waals surface area contributed by atoms with E-state index < -0.39 is 0 Å². The molecule has 164 valence electrons. The number of nitrogens with zero attached hydrogens (tertiary/aromatic N) is 4. The Kier molecular flexibility index (Phi) is 4.86. The summed E-state index contributed by atoms with van der Waals surface area (Å²) in [6, 6.07) is 21.7. The monoisotopic (exact) mass is 457 g/mol. The largest absolute Gasteiger partial charge is 0.337 e. The number of aromatic nitrogens is 2. The third kappa shape index (κ3) is 3.55. The molecule has 0 radical (unpaired) electrons. The fourth-order valence-electron chi connectivity index (χ4n) is 4.54. The lowest BCUT2D eigenvalue weighted by Crippen LogP contribution is -2.47. The van der Waals surface area contributed by atoms with E-state index in [2.05, 4.69) is 45.9 Å². The molecule has 2 unspecified atom stereocenters. The zero-order valence-corrected chi connectivity index (χ0v) is 18.3. The minimum Gasteiger partial charge on any atom is -0.337 e. The number of rotatable bonds is 4. The van der Waals surface area contributed by atoms with Crippen molar-refractivity contribution >= 4 is 28.3 Å². The minimum absolute atomic E-state index is 0.00905. The summed E-state index contributed by atoms with van der Waals surface area (Å²) < 4.78 is 5.40. The van der Waals surface area contributed by atoms with Gasteiger partial charge in [0.1, 0.15) is 12.6 Å². The van der Waals surface area contributed by atoms with Crippen LogP contribution in [-0.4, -0.2) is 32.0 Å². The lowest BCUT2D eigenvalue weighted by Gasteiger charge is -2.30. The van der Waals surface area contributed by atoms with Crippen LogP contribution in [0.4, 0.5) is 0 Å². The highest BCUT2D eigenvalue weighted by Crippen LogP contribution is 2.34. The normalized spacial score (nSPS) is 20.0. The maximum absolute atomic E-state index is 13.3. The zero-order valence-electron chi connectivity index (χ0n) is 17.6. The molecular formula is C25H20ClN5O2. The Morgan fingerprint density at radius 1 is 1.03 bits per heavy atom.